The highest BCUT2D eigenvalue weighted by Gasteiger charge is 2.38. The third-order valence-corrected chi connectivity index (χ3v) is 4.72. The summed E-state index contributed by atoms with van der Waals surface area (Å²) in [6.45, 7) is 2.41. The summed E-state index contributed by atoms with van der Waals surface area (Å²) in [7, 11) is -3.28. The predicted molar refractivity (Wildman–Crippen MR) is 53.8 cm³/mol. The van der Waals surface area contributed by atoms with Crippen LogP contribution < -0.4 is 10.5 Å². The number of nitrogens with one attached hydrogen (secondary N) is 1. The van der Waals surface area contributed by atoms with E-state index in [1.807, 2.05) is 6.92 Å². The first kappa shape index (κ1) is 10.4. The van der Waals surface area contributed by atoms with Gasteiger partial charge in [0.1, 0.15) is 0 Å². The first-order valence-electron chi connectivity index (χ1n) is 5.05. The normalized spacial score (nSPS) is 35.0. The Bertz CT molecular complexity index is 313. The summed E-state index contributed by atoms with van der Waals surface area (Å²) in [4.78, 5) is 0. The van der Waals surface area contributed by atoms with Crippen LogP contribution in [0.3, 0.4) is 0 Å². The molecule has 1 aliphatic heterocycles. The molecule has 2 rings (SSSR count). The van der Waals surface area contributed by atoms with E-state index < -0.39 is 10.2 Å². The van der Waals surface area contributed by atoms with Gasteiger partial charge in [0.05, 0.1) is 0 Å². The third-order valence-electron chi connectivity index (χ3n) is 2.96. The van der Waals surface area contributed by atoms with Crippen molar-refractivity contribution in [1.82, 2.24) is 9.03 Å². The first-order chi connectivity index (χ1) is 6.50. The highest BCUT2D eigenvalue weighted by atomic mass is 32.2. The van der Waals surface area contributed by atoms with Crippen LogP contribution in [0.5, 0.6) is 0 Å². The van der Waals surface area contributed by atoms with E-state index >= 15 is 0 Å². The minimum Gasteiger partial charge on any atom is -0.326 e. The Morgan fingerprint density at radius 1 is 1.36 bits per heavy atom. The fraction of sp³-hybridized carbons (Fsp3) is 1.00. The van der Waals surface area contributed by atoms with Crippen LogP contribution in [0.4, 0.5) is 0 Å². The van der Waals surface area contributed by atoms with Crippen LogP contribution >= 0.6 is 0 Å². The zero-order chi connectivity index (χ0) is 10.3. The van der Waals surface area contributed by atoms with Crippen LogP contribution in [-0.2, 0) is 10.2 Å². The topological polar surface area (TPSA) is 75.4 Å². The lowest BCUT2D eigenvalue weighted by Gasteiger charge is -2.22. The molecular weight excluding hydrogens is 202 g/mol. The van der Waals surface area contributed by atoms with E-state index in [1.54, 1.807) is 0 Å². The first-order valence-corrected chi connectivity index (χ1v) is 6.49. The molecular formula is C8H17N3O2S. The Labute approximate surface area is 84.8 Å². The number of nitrogens with two attached hydrogens (primary N) is 1. The SMILES string of the molecule is CC1C(N)CCN1S(=O)(=O)NC1CC1. The Balaban J connectivity index is 2.05. The Morgan fingerprint density at radius 2 is 2.00 bits per heavy atom. The van der Waals surface area contributed by atoms with Crippen molar-refractivity contribution in [3.05, 3.63) is 0 Å². The van der Waals surface area contributed by atoms with Crippen LogP contribution in [0.2, 0.25) is 0 Å². The minimum absolute atomic E-state index is 0.0224. The highest BCUT2D eigenvalue weighted by molar-refractivity contribution is 7.87. The second-order valence-electron chi connectivity index (χ2n) is 4.20. The molecule has 1 saturated carbocycles. The fourth-order valence-corrected chi connectivity index (χ4v) is 3.49. The van der Waals surface area contributed by atoms with E-state index in [9.17, 15) is 8.42 Å². The lowest BCUT2D eigenvalue weighted by Crippen LogP contribution is -2.46. The van der Waals surface area contributed by atoms with E-state index in [0.29, 0.717) is 6.54 Å². The van der Waals surface area contributed by atoms with E-state index in [-0.39, 0.29) is 18.1 Å². The van der Waals surface area contributed by atoms with Gasteiger partial charge in [-0.1, -0.05) is 0 Å². The molecule has 0 spiro atoms. The summed E-state index contributed by atoms with van der Waals surface area (Å²) in [5.74, 6) is 0. The van der Waals surface area contributed by atoms with Gasteiger partial charge in [-0.25, -0.2) is 0 Å². The van der Waals surface area contributed by atoms with E-state index in [4.69, 9.17) is 5.73 Å². The molecule has 1 heterocycles. The van der Waals surface area contributed by atoms with Crippen molar-refractivity contribution in [2.45, 2.75) is 44.3 Å². The molecule has 1 saturated heterocycles. The van der Waals surface area contributed by atoms with Gasteiger partial charge in [0.2, 0.25) is 0 Å². The molecule has 82 valence electrons. The number of nitrogens with zero attached hydrogens (tertiary/aromatic N) is 1. The number of rotatable bonds is 3. The zero-order valence-corrected chi connectivity index (χ0v) is 9.13. The average Bonchev–Trinajstić information content (AvgIpc) is 2.80. The molecule has 0 aromatic heterocycles. The Kier molecular flexibility index (Phi) is 2.55. The van der Waals surface area contributed by atoms with Crippen molar-refractivity contribution in [3.63, 3.8) is 0 Å². The molecule has 0 radical (unpaired) electrons. The van der Waals surface area contributed by atoms with E-state index in [1.165, 1.54) is 4.31 Å². The van der Waals surface area contributed by atoms with Gasteiger partial charge >= 0.3 is 0 Å². The summed E-state index contributed by atoms with van der Waals surface area (Å²) < 4.78 is 27.7. The Morgan fingerprint density at radius 3 is 2.43 bits per heavy atom. The summed E-state index contributed by atoms with van der Waals surface area (Å²) >= 11 is 0. The summed E-state index contributed by atoms with van der Waals surface area (Å²) in [5.41, 5.74) is 5.78. The van der Waals surface area contributed by atoms with Gasteiger partial charge in [0.25, 0.3) is 10.2 Å². The summed E-state index contributed by atoms with van der Waals surface area (Å²) in [6.07, 6.45) is 2.69. The Hall–Kier alpha value is -0.170. The molecule has 0 bridgehead atoms. The summed E-state index contributed by atoms with van der Waals surface area (Å²) in [5, 5.41) is 0. The van der Waals surface area contributed by atoms with E-state index in [0.717, 1.165) is 19.3 Å². The standard InChI is InChI=1S/C8H17N3O2S/c1-6-8(9)4-5-11(6)14(12,13)10-7-2-3-7/h6-8,10H,2-5,9H2,1H3. The van der Waals surface area contributed by atoms with Crippen molar-refractivity contribution in [3.8, 4) is 0 Å². The maximum Gasteiger partial charge on any atom is 0.279 e. The molecule has 2 aliphatic rings. The molecule has 2 unspecified atom stereocenters. The predicted octanol–water partition coefficient (Wildman–Crippen LogP) is -0.595. The lowest BCUT2D eigenvalue weighted by molar-refractivity contribution is 0.386. The lowest BCUT2D eigenvalue weighted by atomic mass is 10.2. The average molecular weight is 219 g/mol. The van der Waals surface area contributed by atoms with Crippen molar-refractivity contribution in [2.75, 3.05) is 6.54 Å². The van der Waals surface area contributed by atoms with Gasteiger partial charge in [-0.3, -0.25) is 0 Å². The van der Waals surface area contributed by atoms with Gasteiger partial charge < -0.3 is 5.73 Å². The zero-order valence-electron chi connectivity index (χ0n) is 8.31. The van der Waals surface area contributed by atoms with Crippen LogP contribution in [0.25, 0.3) is 0 Å². The van der Waals surface area contributed by atoms with Crippen molar-refractivity contribution in [2.24, 2.45) is 5.73 Å². The maximum atomic E-state index is 11.8. The second-order valence-corrected chi connectivity index (χ2v) is 5.86. The molecule has 0 amide bonds. The molecule has 0 aromatic rings. The van der Waals surface area contributed by atoms with E-state index in [2.05, 4.69) is 4.72 Å². The molecule has 3 N–H and O–H groups in total. The van der Waals surface area contributed by atoms with Gasteiger partial charge in [-0.05, 0) is 26.2 Å². The molecule has 2 fully saturated rings. The monoisotopic (exact) mass is 219 g/mol. The third kappa shape index (κ3) is 1.93. The molecule has 1 aliphatic carbocycles. The van der Waals surface area contributed by atoms with Gasteiger partial charge in [0.15, 0.2) is 0 Å². The second kappa shape index (κ2) is 3.44. The fourth-order valence-electron chi connectivity index (χ4n) is 1.75. The smallest absolute Gasteiger partial charge is 0.279 e. The highest BCUT2D eigenvalue weighted by Crippen LogP contribution is 2.24. The molecule has 5 nitrogen and oxygen atoms in total. The molecule has 6 heteroatoms. The van der Waals surface area contributed by atoms with Crippen molar-refractivity contribution < 1.29 is 8.42 Å². The van der Waals surface area contributed by atoms with Crippen LogP contribution in [0.1, 0.15) is 26.2 Å². The van der Waals surface area contributed by atoms with Crippen LogP contribution in [-0.4, -0.2) is 37.4 Å². The molecule has 14 heavy (non-hydrogen) atoms. The van der Waals surface area contributed by atoms with Crippen LogP contribution in [0.15, 0.2) is 0 Å². The minimum atomic E-state index is -3.28. The number of hydrogen-bond donors (Lipinski definition) is 2. The van der Waals surface area contributed by atoms with Crippen LogP contribution in [0, 0.1) is 0 Å². The van der Waals surface area contributed by atoms with Gasteiger partial charge in [-0.2, -0.15) is 17.4 Å². The van der Waals surface area contributed by atoms with Crippen molar-refractivity contribution in [1.29, 1.82) is 0 Å². The molecule has 0 aromatic carbocycles. The van der Waals surface area contributed by atoms with Crippen molar-refractivity contribution >= 4 is 10.2 Å². The number of hydrogen-bond acceptors (Lipinski definition) is 3. The van der Waals surface area contributed by atoms with Gasteiger partial charge in [0, 0.05) is 24.7 Å². The maximum absolute atomic E-state index is 11.8. The van der Waals surface area contributed by atoms with Gasteiger partial charge in [-0.15, -0.1) is 0 Å². The summed E-state index contributed by atoms with van der Waals surface area (Å²) in [6, 6.07) is 0.0704. The largest absolute Gasteiger partial charge is 0.326 e. The molecule has 2 atom stereocenters. The quantitative estimate of drug-likeness (QED) is 0.666.